The van der Waals surface area contributed by atoms with Crippen LogP contribution in [0, 0.1) is 5.92 Å². The van der Waals surface area contributed by atoms with Crippen LogP contribution < -0.4 is 9.47 Å². The molecular formula is C25H28ClF3N2O4. The number of carbonyl (C=O) groups excluding carboxylic acids is 1. The normalized spacial score (nSPS) is 18.0. The number of hydroxylamine groups is 2. The fourth-order valence-corrected chi connectivity index (χ4v) is 3.96. The Balaban J connectivity index is 2.15. The predicted octanol–water partition coefficient (Wildman–Crippen LogP) is 6.38. The minimum Gasteiger partial charge on any atom is -0.497 e. The average Bonchev–Trinajstić information content (AvgIpc) is 3.15. The molecule has 3 rings (SSSR count). The first kappa shape index (κ1) is 26.7. The van der Waals surface area contributed by atoms with E-state index in [1.807, 2.05) is 0 Å². The van der Waals surface area contributed by atoms with E-state index in [0.29, 0.717) is 46.6 Å². The van der Waals surface area contributed by atoms with Gasteiger partial charge in [-0.3, -0.25) is 4.99 Å². The average molecular weight is 513 g/mol. The van der Waals surface area contributed by atoms with Crippen LogP contribution in [0.25, 0.3) is 0 Å². The predicted molar refractivity (Wildman–Crippen MR) is 127 cm³/mol. The van der Waals surface area contributed by atoms with Gasteiger partial charge in [0.15, 0.2) is 5.84 Å². The largest absolute Gasteiger partial charge is 0.497 e. The summed E-state index contributed by atoms with van der Waals surface area (Å²) in [5.41, 5.74) is 0.997. The second-order valence-corrected chi connectivity index (χ2v) is 8.92. The van der Waals surface area contributed by atoms with Gasteiger partial charge in [0.2, 0.25) is 0 Å². The lowest BCUT2D eigenvalue weighted by Crippen LogP contribution is -2.40. The van der Waals surface area contributed by atoms with Crippen LogP contribution in [-0.2, 0) is 9.63 Å². The Morgan fingerprint density at radius 2 is 1.86 bits per heavy atom. The van der Waals surface area contributed by atoms with Crippen molar-refractivity contribution in [3.8, 4) is 11.5 Å². The third kappa shape index (κ3) is 6.39. The molecule has 0 saturated heterocycles. The van der Waals surface area contributed by atoms with Crippen LogP contribution in [0.4, 0.5) is 13.2 Å². The van der Waals surface area contributed by atoms with E-state index in [2.05, 4.69) is 13.8 Å². The summed E-state index contributed by atoms with van der Waals surface area (Å²) in [6.07, 6.45) is -3.85. The van der Waals surface area contributed by atoms with E-state index in [1.165, 1.54) is 7.11 Å². The molecule has 1 aliphatic rings. The number of hydrogen-bond donors (Lipinski definition) is 0. The summed E-state index contributed by atoms with van der Waals surface area (Å²) in [4.78, 5) is 21.8. The molecule has 0 radical (unpaired) electrons. The molecule has 2 aromatic rings. The van der Waals surface area contributed by atoms with Crippen LogP contribution in [0.3, 0.4) is 0 Å². The van der Waals surface area contributed by atoms with Crippen LogP contribution in [0.2, 0.25) is 5.02 Å². The molecule has 2 unspecified atom stereocenters. The topological polar surface area (TPSA) is 60.4 Å². The molecule has 2 atom stereocenters. The van der Waals surface area contributed by atoms with Gasteiger partial charge in [-0.05, 0) is 55.5 Å². The minimum absolute atomic E-state index is 0.0717. The number of nitrogens with zero attached hydrogens (tertiary/aromatic N) is 2. The van der Waals surface area contributed by atoms with Gasteiger partial charge in [0, 0.05) is 11.1 Å². The molecule has 10 heteroatoms. The third-order valence-electron chi connectivity index (χ3n) is 5.51. The Morgan fingerprint density at radius 3 is 2.43 bits per heavy atom. The van der Waals surface area contributed by atoms with E-state index in [0.717, 1.165) is 11.5 Å². The van der Waals surface area contributed by atoms with Gasteiger partial charge >= 0.3 is 12.1 Å². The van der Waals surface area contributed by atoms with E-state index < -0.39 is 24.2 Å². The van der Waals surface area contributed by atoms with E-state index >= 15 is 0 Å². The summed E-state index contributed by atoms with van der Waals surface area (Å²) in [5, 5.41) is 1.42. The second kappa shape index (κ2) is 11.2. The highest BCUT2D eigenvalue weighted by atomic mass is 35.5. The summed E-state index contributed by atoms with van der Waals surface area (Å²) >= 11 is 6.04. The van der Waals surface area contributed by atoms with Gasteiger partial charge in [0.1, 0.15) is 17.5 Å². The number of aliphatic imine (C=N–C) groups is 1. The van der Waals surface area contributed by atoms with Crippen molar-refractivity contribution in [2.45, 2.75) is 51.9 Å². The second-order valence-electron chi connectivity index (χ2n) is 8.49. The molecule has 0 N–H and O–H groups in total. The molecule has 0 aliphatic carbocycles. The van der Waals surface area contributed by atoms with Crippen molar-refractivity contribution >= 4 is 23.4 Å². The highest BCUT2D eigenvalue weighted by molar-refractivity contribution is 6.30. The lowest BCUT2D eigenvalue weighted by molar-refractivity contribution is -0.230. The van der Waals surface area contributed by atoms with E-state index in [9.17, 15) is 18.0 Å². The maximum Gasteiger partial charge on any atom is 0.493 e. The number of hydrogen-bond acceptors (Lipinski definition) is 6. The molecule has 0 saturated carbocycles. The number of benzene rings is 2. The zero-order valence-corrected chi connectivity index (χ0v) is 20.7. The van der Waals surface area contributed by atoms with Gasteiger partial charge in [-0.1, -0.05) is 37.6 Å². The number of halogens is 4. The zero-order valence-electron chi connectivity index (χ0n) is 19.9. The van der Waals surface area contributed by atoms with Gasteiger partial charge in [0.05, 0.1) is 25.3 Å². The van der Waals surface area contributed by atoms with Crippen molar-refractivity contribution in [2.24, 2.45) is 10.9 Å². The molecule has 0 amide bonds. The van der Waals surface area contributed by atoms with E-state index in [1.54, 1.807) is 49.4 Å². The van der Waals surface area contributed by atoms with Crippen molar-refractivity contribution < 1.29 is 32.3 Å². The molecule has 35 heavy (non-hydrogen) atoms. The quantitative estimate of drug-likeness (QED) is 0.390. The van der Waals surface area contributed by atoms with Gasteiger partial charge in [-0.15, -0.1) is 0 Å². The Bertz CT molecular complexity index is 1060. The molecule has 0 fully saturated rings. The number of alkyl halides is 3. The van der Waals surface area contributed by atoms with E-state index in [4.69, 9.17) is 30.9 Å². The Hall–Kier alpha value is -2.94. The molecule has 1 aliphatic heterocycles. The third-order valence-corrected chi connectivity index (χ3v) is 5.76. The molecule has 190 valence electrons. The van der Waals surface area contributed by atoms with Crippen LogP contribution in [0.15, 0.2) is 47.5 Å². The molecule has 0 aromatic heterocycles. The van der Waals surface area contributed by atoms with Crippen molar-refractivity contribution in [1.29, 1.82) is 0 Å². The maximum atomic E-state index is 13.3. The van der Waals surface area contributed by atoms with Crippen molar-refractivity contribution in [3.05, 3.63) is 58.6 Å². The van der Waals surface area contributed by atoms with E-state index in [-0.39, 0.29) is 5.84 Å². The molecule has 0 bridgehead atoms. The number of rotatable bonds is 9. The first-order chi connectivity index (χ1) is 16.5. The highest BCUT2D eigenvalue weighted by Crippen LogP contribution is 2.40. The van der Waals surface area contributed by atoms with Gasteiger partial charge in [-0.25, -0.2) is 4.79 Å². The summed E-state index contributed by atoms with van der Waals surface area (Å²) in [6.45, 7) is 6.18. The van der Waals surface area contributed by atoms with Crippen molar-refractivity contribution in [2.75, 3.05) is 13.7 Å². The summed E-state index contributed by atoms with van der Waals surface area (Å²) in [5.74, 6) is -1.08. The van der Waals surface area contributed by atoms with Crippen LogP contribution in [0.1, 0.15) is 50.8 Å². The zero-order chi connectivity index (χ0) is 25.8. The monoisotopic (exact) mass is 512 g/mol. The summed E-state index contributed by atoms with van der Waals surface area (Å²) in [6, 6.07) is 10.3. The standard InChI is InChI=1S/C25H28ClF3N2O4/c1-5-34-21-14-18(33-4)11-12-19(21)23-30-20(13-6-15(2)3)22(16-7-9-17(26)10-8-16)31(23)35-24(32)25(27,28)29/h7-12,14-15,20,22H,5-6,13H2,1-4H3. The van der Waals surface area contributed by atoms with Crippen LogP contribution in [0.5, 0.6) is 11.5 Å². The van der Waals surface area contributed by atoms with Crippen molar-refractivity contribution in [3.63, 3.8) is 0 Å². The smallest absolute Gasteiger partial charge is 0.493 e. The summed E-state index contributed by atoms with van der Waals surface area (Å²) < 4.78 is 50.8. The van der Waals surface area contributed by atoms with Gasteiger partial charge < -0.3 is 14.3 Å². The number of methoxy groups -OCH3 is 1. The molecular weight excluding hydrogens is 485 g/mol. The molecule has 6 nitrogen and oxygen atoms in total. The Kier molecular flexibility index (Phi) is 8.53. The number of ether oxygens (including phenoxy) is 2. The van der Waals surface area contributed by atoms with Crippen LogP contribution in [-0.4, -0.2) is 42.8 Å². The Labute approximate surface area is 207 Å². The maximum absolute atomic E-state index is 13.3. The lowest BCUT2D eigenvalue weighted by Gasteiger charge is -2.30. The first-order valence-corrected chi connectivity index (χ1v) is 11.7. The minimum atomic E-state index is -5.19. The number of amidine groups is 1. The summed E-state index contributed by atoms with van der Waals surface area (Å²) in [7, 11) is 1.49. The SMILES string of the molecule is CCOc1cc(OC)ccc1C1=NC(CCC(C)C)C(c2ccc(Cl)cc2)N1OC(=O)C(F)(F)F. The fourth-order valence-electron chi connectivity index (χ4n) is 3.84. The Morgan fingerprint density at radius 1 is 1.17 bits per heavy atom. The number of carbonyl (C=O) groups is 1. The first-order valence-electron chi connectivity index (χ1n) is 11.3. The van der Waals surface area contributed by atoms with Crippen molar-refractivity contribution in [1.82, 2.24) is 5.06 Å². The molecule has 0 spiro atoms. The molecule has 1 heterocycles. The van der Waals surface area contributed by atoms with Gasteiger partial charge in [-0.2, -0.15) is 18.2 Å². The highest BCUT2D eigenvalue weighted by Gasteiger charge is 2.48. The molecule has 2 aromatic carbocycles. The van der Waals surface area contributed by atoms with Crippen LogP contribution >= 0.6 is 11.6 Å². The van der Waals surface area contributed by atoms with Gasteiger partial charge in [0.25, 0.3) is 0 Å². The lowest BCUT2D eigenvalue weighted by atomic mass is 9.94. The fraction of sp³-hybridized carbons (Fsp3) is 0.440.